The second kappa shape index (κ2) is 11.3. The molecule has 9 nitrogen and oxygen atoms in total. The summed E-state index contributed by atoms with van der Waals surface area (Å²) in [5.41, 5.74) is 1.74. The van der Waals surface area contributed by atoms with Crippen molar-refractivity contribution in [3.05, 3.63) is 30.0 Å². The first-order valence-electron chi connectivity index (χ1n) is 15.2. The summed E-state index contributed by atoms with van der Waals surface area (Å²) in [7, 11) is 3.45. The summed E-state index contributed by atoms with van der Waals surface area (Å²) >= 11 is 0. The first-order valence-corrected chi connectivity index (χ1v) is 15.2. The third-order valence-corrected chi connectivity index (χ3v) is 9.38. The fourth-order valence-electron chi connectivity index (χ4n) is 6.77. The van der Waals surface area contributed by atoms with Crippen LogP contribution in [0.2, 0.25) is 0 Å². The molecular formula is C31H42N6O3. The molecule has 0 radical (unpaired) electrons. The number of amides is 2. The summed E-state index contributed by atoms with van der Waals surface area (Å²) < 4.78 is 5.67. The predicted octanol–water partition coefficient (Wildman–Crippen LogP) is 5.58. The molecular weight excluding hydrogens is 504 g/mol. The SMILES string of the molecule is COc1cc(C(=O)NC2CCCCCC2)ccc1Nc1ncc2c(n1)N(C1CCCCC1)CC1(CC1)C(=O)N2C. The van der Waals surface area contributed by atoms with Crippen molar-refractivity contribution in [2.24, 2.45) is 5.41 Å². The molecule has 9 heteroatoms. The largest absolute Gasteiger partial charge is 0.495 e. The van der Waals surface area contributed by atoms with Crippen LogP contribution in [0.1, 0.15) is 93.8 Å². The van der Waals surface area contributed by atoms with E-state index in [-0.39, 0.29) is 23.3 Å². The number of hydrogen-bond donors (Lipinski definition) is 2. The van der Waals surface area contributed by atoms with Crippen LogP contribution >= 0.6 is 0 Å². The van der Waals surface area contributed by atoms with Crippen LogP contribution < -0.4 is 25.2 Å². The van der Waals surface area contributed by atoms with Gasteiger partial charge in [-0.1, -0.05) is 44.9 Å². The number of nitrogens with one attached hydrogen (secondary N) is 2. The number of carbonyl (C=O) groups excluding carboxylic acids is 2. The Morgan fingerprint density at radius 1 is 1.02 bits per heavy atom. The topological polar surface area (TPSA) is 99.7 Å². The van der Waals surface area contributed by atoms with Gasteiger partial charge in [-0.25, -0.2) is 4.98 Å². The highest BCUT2D eigenvalue weighted by molar-refractivity contribution is 6.03. The van der Waals surface area contributed by atoms with Crippen LogP contribution in [0.3, 0.4) is 0 Å². The maximum atomic E-state index is 13.4. The van der Waals surface area contributed by atoms with E-state index in [1.165, 1.54) is 44.9 Å². The van der Waals surface area contributed by atoms with Crippen molar-refractivity contribution in [1.29, 1.82) is 0 Å². The maximum absolute atomic E-state index is 13.4. The van der Waals surface area contributed by atoms with Crippen molar-refractivity contribution in [3.8, 4) is 5.75 Å². The molecule has 2 aromatic rings. The number of anilines is 4. The summed E-state index contributed by atoms with van der Waals surface area (Å²) in [6.07, 6.45) is 16.5. The molecule has 0 saturated heterocycles. The Hall–Kier alpha value is -3.36. The average molecular weight is 547 g/mol. The minimum Gasteiger partial charge on any atom is -0.495 e. The van der Waals surface area contributed by atoms with Gasteiger partial charge in [0.1, 0.15) is 11.4 Å². The molecule has 2 amide bonds. The van der Waals surface area contributed by atoms with E-state index in [1.807, 2.05) is 19.2 Å². The van der Waals surface area contributed by atoms with Gasteiger partial charge in [0.05, 0.1) is 24.4 Å². The average Bonchev–Trinajstić information content (AvgIpc) is 3.81. The first kappa shape index (κ1) is 26.8. The van der Waals surface area contributed by atoms with Gasteiger partial charge >= 0.3 is 0 Å². The lowest BCUT2D eigenvalue weighted by Crippen LogP contribution is -2.43. The molecule has 0 atom stereocenters. The van der Waals surface area contributed by atoms with Crippen molar-refractivity contribution in [1.82, 2.24) is 15.3 Å². The number of fused-ring (bicyclic) bond motifs is 1. The number of nitrogens with zero attached hydrogens (tertiary/aromatic N) is 4. The van der Waals surface area contributed by atoms with Gasteiger partial charge in [-0.15, -0.1) is 0 Å². The number of benzene rings is 1. The minimum atomic E-state index is -0.295. The zero-order valence-corrected chi connectivity index (χ0v) is 23.9. The van der Waals surface area contributed by atoms with Gasteiger partial charge in [-0.05, 0) is 56.7 Å². The van der Waals surface area contributed by atoms with Gasteiger partial charge in [-0.3, -0.25) is 9.59 Å². The quantitative estimate of drug-likeness (QED) is 0.457. The molecule has 1 aromatic heterocycles. The number of methoxy groups -OCH3 is 1. The van der Waals surface area contributed by atoms with E-state index in [2.05, 4.69) is 20.5 Å². The van der Waals surface area contributed by atoms with E-state index in [9.17, 15) is 9.59 Å². The fraction of sp³-hybridized carbons (Fsp3) is 0.613. The second-order valence-electron chi connectivity index (χ2n) is 12.2. The minimum absolute atomic E-state index is 0.0668. The van der Waals surface area contributed by atoms with Crippen LogP contribution in [0.5, 0.6) is 5.75 Å². The first-order chi connectivity index (χ1) is 19.5. The normalized spacial score (nSPS) is 21.4. The Labute approximate surface area is 237 Å². The summed E-state index contributed by atoms with van der Waals surface area (Å²) in [5.74, 6) is 1.93. The van der Waals surface area contributed by atoms with Gasteiger partial charge < -0.3 is 25.2 Å². The number of carbonyl (C=O) groups is 2. The Balaban J connectivity index is 1.25. The van der Waals surface area contributed by atoms with E-state index in [4.69, 9.17) is 9.72 Å². The molecule has 0 unspecified atom stereocenters. The molecule has 4 aliphatic rings. The van der Waals surface area contributed by atoms with E-state index in [0.717, 1.165) is 56.6 Å². The van der Waals surface area contributed by atoms with Crippen LogP contribution in [-0.2, 0) is 4.79 Å². The highest BCUT2D eigenvalue weighted by Gasteiger charge is 2.55. The Morgan fingerprint density at radius 3 is 2.42 bits per heavy atom. The lowest BCUT2D eigenvalue weighted by atomic mass is 9.93. The molecule has 0 bridgehead atoms. The summed E-state index contributed by atoms with van der Waals surface area (Å²) in [5, 5.41) is 6.54. The van der Waals surface area contributed by atoms with Gasteiger partial charge in [-0.2, -0.15) is 4.98 Å². The number of ether oxygens (including phenoxy) is 1. The second-order valence-corrected chi connectivity index (χ2v) is 12.2. The molecule has 214 valence electrons. The Kier molecular flexibility index (Phi) is 7.55. The lowest BCUT2D eigenvalue weighted by Gasteiger charge is -2.36. The van der Waals surface area contributed by atoms with Crippen LogP contribution in [0, 0.1) is 5.41 Å². The molecule has 3 fully saturated rings. The van der Waals surface area contributed by atoms with Gasteiger partial charge in [0.25, 0.3) is 5.91 Å². The van der Waals surface area contributed by atoms with Crippen molar-refractivity contribution in [2.45, 2.75) is 95.6 Å². The highest BCUT2D eigenvalue weighted by Crippen LogP contribution is 2.52. The lowest BCUT2D eigenvalue weighted by molar-refractivity contribution is -0.123. The highest BCUT2D eigenvalue weighted by atomic mass is 16.5. The van der Waals surface area contributed by atoms with Gasteiger partial charge in [0, 0.05) is 31.2 Å². The number of aromatic nitrogens is 2. The molecule has 3 aliphatic carbocycles. The molecule has 1 aromatic carbocycles. The summed E-state index contributed by atoms with van der Waals surface area (Å²) in [4.78, 5) is 40.2. The van der Waals surface area contributed by atoms with Crippen LogP contribution in [0.25, 0.3) is 0 Å². The molecule has 3 saturated carbocycles. The standard InChI is InChI=1S/C31H42N6O3/c1-36-25-19-32-30(35-27(25)37(23-12-8-5-9-13-23)20-31(16-17-31)29(36)39)34-24-15-14-21(18-26(24)40-2)28(38)33-22-10-6-3-4-7-11-22/h14-15,18-19,22-23H,3-13,16-17,20H2,1-2H3,(H,33,38)(H,32,34,35). The van der Waals surface area contributed by atoms with Crippen molar-refractivity contribution >= 4 is 35.0 Å². The molecule has 2 N–H and O–H groups in total. The van der Waals surface area contributed by atoms with Crippen molar-refractivity contribution < 1.29 is 14.3 Å². The Morgan fingerprint density at radius 2 is 1.73 bits per heavy atom. The van der Waals surface area contributed by atoms with E-state index in [0.29, 0.717) is 29.0 Å². The molecule has 1 aliphatic heterocycles. The molecule has 2 heterocycles. The molecule has 40 heavy (non-hydrogen) atoms. The van der Waals surface area contributed by atoms with Crippen LogP contribution in [0.15, 0.2) is 24.4 Å². The zero-order chi connectivity index (χ0) is 27.7. The molecule has 1 spiro atoms. The Bertz CT molecular complexity index is 1250. The van der Waals surface area contributed by atoms with E-state index < -0.39 is 0 Å². The van der Waals surface area contributed by atoms with Gasteiger partial charge in [0.15, 0.2) is 5.82 Å². The monoisotopic (exact) mass is 546 g/mol. The number of hydrogen-bond acceptors (Lipinski definition) is 7. The van der Waals surface area contributed by atoms with E-state index >= 15 is 0 Å². The predicted molar refractivity (Wildman–Crippen MR) is 157 cm³/mol. The third kappa shape index (κ3) is 5.34. The maximum Gasteiger partial charge on any atom is 0.251 e. The third-order valence-electron chi connectivity index (χ3n) is 9.38. The smallest absolute Gasteiger partial charge is 0.251 e. The van der Waals surface area contributed by atoms with E-state index in [1.54, 1.807) is 24.3 Å². The fourth-order valence-corrected chi connectivity index (χ4v) is 6.77. The van der Waals surface area contributed by atoms with Crippen LogP contribution in [0.4, 0.5) is 23.1 Å². The zero-order valence-electron chi connectivity index (χ0n) is 23.9. The van der Waals surface area contributed by atoms with Crippen molar-refractivity contribution in [2.75, 3.05) is 35.8 Å². The summed E-state index contributed by atoms with van der Waals surface area (Å²) in [6.45, 7) is 0.721. The number of rotatable bonds is 6. The summed E-state index contributed by atoms with van der Waals surface area (Å²) in [6, 6.07) is 6.06. The van der Waals surface area contributed by atoms with Gasteiger partial charge in [0.2, 0.25) is 11.9 Å². The van der Waals surface area contributed by atoms with Crippen LogP contribution in [-0.4, -0.2) is 54.6 Å². The molecule has 6 rings (SSSR count). The van der Waals surface area contributed by atoms with Crippen molar-refractivity contribution in [3.63, 3.8) is 0 Å².